The fourth-order valence-electron chi connectivity index (χ4n) is 1.49. The molecule has 1 amide bonds. The minimum Gasteiger partial charge on any atom is -0.490 e. The van der Waals surface area contributed by atoms with Crippen molar-refractivity contribution in [3.05, 3.63) is 23.8 Å². The van der Waals surface area contributed by atoms with E-state index >= 15 is 0 Å². The number of carbonyl (C=O) groups is 1. The highest BCUT2D eigenvalue weighted by molar-refractivity contribution is 5.83. The largest absolute Gasteiger partial charge is 0.490 e. The smallest absolute Gasteiger partial charge is 0.254 e. The van der Waals surface area contributed by atoms with Gasteiger partial charge in [0.05, 0.1) is 25.5 Å². The molecule has 0 heterocycles. The maximum atomic E-state index is 11.1. The Bertz CT molecular complexity index is 535. The number of hydrazone groups is 1. The number of hydrogen-bond donors (Lipinski definition) is 1. The summed E-state index contributed by atoms with van der Waals surface area (Å²) < 4.78 is 11.1. The second-order valence-electron chi connectivity index (χ2n) is 4.12. The van der Waals surface area contributed by atoms with Crippen LogP contribution in [0.1, 0.15) is 32.3 Å². The molecular formula is C15H19N3O3. The fourth-order valence-corrected chi connectivity index (χ4v) is 1.49. The van der Waals surface area contributed by atoms with E-state index in [1.807, 2.05) is 19.9 Å². The van der Waals surface area contributed by atoms with E-state index in [4.69, 9.17) is 14.7 Å². The molecule has 1 aromatic carbocycles. The first-order chi connectivity index (χ1) is 10.2. The molecule has 0 saturated heterocycles. The van der Waals surface area contributed by atoms with Crippen LogP contribution in [-0.4, -0.2) is 25.3 Å². The van der Waals surface area contributed by atoms with Crippen LogP contribution >= 0.6 is 0 Å². The first-order valence-corrected chi connectivity index (χ1v) is 6.79. The molecule has 0 aliphatic rings. The summed E-state index contributed by atoms with van der Waals surface area (Å²) in [6.45, 7) is 5.08. The SMILES string of the molecule is CCCOc1ccc(/C=N/NC(=O)CC#N)cc1OCC. The van der Waals surface area contributed by atoms with Crippen LogP contribution in [0.3, 0.4) is 0 Å². The van der Waals surface area contributed by atoms with E-state index in [0.717, 1.165) is 12.0 Å². The Hall–Kier alpha value is -2.55. The van der Waals surface area contributed by atoms with Gasteiger partial charge in [-0.1, -0.05) is 6.92 Å². The summed E-state index contributed by atoms with van der Waals surface area (Å²) in [5.41, 5.74) is 3.03. The van der Waals surface area contributed by atoms with Gasteiger partial charge in [0.15, 0.2) is 11.5 Å². The summed E-state index contributed by atoms with van der Waals surface area (Å²) in [7, 11) is 0. The monoisotopic (exact) mass is 289 g/mol. The summed E-state index contributed by atoms with van der Waals surface area (Å²) in [6.07, 6.45) is 2.19. The molecule has 0 aliphatic carbocycles. The Labute approximate surface area is 124 Å². The van der Waals surface area contributed by atoms with E-state index in [1.54, 1.807) is 18.2 Å². The molecule has 0 radical (unpaired) electrons. The summed E-state index contributed by atoms with van der Waals surface area (Å²) in [6, 6.07) is 7.15. The Balaban J connectivity index is 2.75. The predicted octanol–water partition coefficient (Wildman–Crippen LogP) is 2.24. The second-order valence-corrected chi connectivity index (χ2v) is 4.12. The maximum Gasteiger partial charge on any atom is 0.254 e. The van der Waals surface area contributed by atoms with E-state index in [1.165, 1.54) is 6.21 Å². The van der Waals surface area contributed by atoms with E-state index < -0.39 is 5.91 Å². The Morgan fingerprint density at radius 2 is 2.19 bits per heavy atom. The molecule has 1 aromatic rings. The molecular weight excluding hydrogens is 270 g/mol. The van der Waals surface area contributed by atoms with E-state index in [-0.39, 0.29) is 6.42 Å². The Kier molecular flexibility index (Phi) is 7.36. The van der Waals surface area contributed by atoms with Crippen molar-refractivity contribution in [2.24, 2.45) is 5.10 Å². The third-order valence-electron chi connectivity index (χ3n) is 2.37. The standard InChI is InChI=1S/C15H19N3O3/c1-3-9-21-13-6-5-12(10-14(13)20-4-2)11-17-18-15(19)7-8-16/h5-6,10-11H,3-4,7,9H2,1-2H3,(H,18,19)/b17-11+. The lowest BCUT2D eigenvalue weighted by Gasteiger charge is -2.11. The number of hydrogen-bond acceptors (Lipinski definition) is 5. The van der Waals surface area contributed by atoms with Gasteiger partial charge in [-0.3, -0.25) is 4.79 Å². The van der Waals surface area contributed by atoms with Gasteiger partial charge < -0.3 is 9.47 Å². The predicted molar refractivity (Wildman–Crippen MR) is 79.4 cm³/mol. The molecule has 6 nitrogen and oxygen atoms in total. The number of nitrogens with zero attached hydrogens (tertiary/aromatic N) is 2. The van der Waals surface area contributed by atoms with Gasteiger partial charge in [-0.15, -0.1) is 0 Å². The molecule has 0 unspecified atom stereocenters. The van der Waals surface area contributed by atoms with Crippen LogP contribution in [0.2, 0.25) is 0 Å². The van der Waals surface area contributed by atoms with Gasteiger partial charge in [-0.2, -0.15) is 10.4 Å². The minimum absolute atomic E-state index is 0.217. The fraction of sp³-hybridized carbons (Fsp3) is 0.400. The Morgan fingerprint density at radius 3 is 2.86 bits per heavy atom. The third kappa shape index (κ3) is 5.95. The normalized spacial score (nSPS) is 10.1. The molecule has 0 aromatic heterocycles. The average Bonchev–Trinajstić information content (AvgIpc) is 2.47. The summed E-state index contributed by atoms with van der Waals surface area (Å²) in [4.78, 5) is 11.1. The summed E-state index contributed by atoms with van der Waals surface area (Å²) >= 11 is 0. The molecule has 6 heteroatoms. The number of rotatable bonds is 8. The number of ether oxygens (including phenoxy) is 2. The van der Waals surface area contributed by atoms with Crippen molar-refractivity contribution in [2.45, 2.75) is 26.7 Å². The molecule has 0 fully saturated rings. The van der Waals surface area contributed by atoms with Crippen LogP contribution in [0.5, 0.6) is 11.5 Å². The highest BCUT2D eigenvalue weighted by Gasteiger charge is 2.05. The highest BCUT2D eigenvalue weighted by Crippen LogP contribution is 2.28. The van der Waals surface area contributed by atoms with E-state index in [9.17, 15) is 4.79 Å². The number of carbonyl (C=O) groups excluding carboxylic acids is 1. The van der Waals surface area contributed by atoms with Gasteiger partial charge in [0.2, 0.25) is 0 Å². The lowest BCUT2D eigenvalue weighted by atomic mass is 10.2. The van der Waals surface area contributed by atoms with Gasteiger partial charge in [0.1, 0.15) is 6.42 Å². The molecule has 21 heavy (non-hydrogen) atoms. The van der Waals surface area contributed by atoms with Gasteiger partial charge in [0.25, 0.3) is 5.91 Å². The van der Waals surface area contributed by atoms with Gasteiger partial charge in [-0.25, -0.2) is 5.43 Å². The Morgan fingerprint density at radius 1 is 1.38 bits per heavy atom. The van der Waals surface area contributed by atoms with E-state index in [2.05, 4.69) is 10.5 Å². The molecule has 0 bridgehead atoms. The molecule has 112 valence electrons. The zero-order chi connectivity index (χ0) is 15.5. The number of benzene rings is 1. The van der Waals surface area contributed by atoms with Crippen molar-refractivity contribution in [1.82, 2.24) is 5.43 Å². The average molecular weight is 289 g/mol. The minimum atomic E-state index is -0.443. The van der Waals surface area contributed by atoms with Crippen LogP contribution in [0.4, 0.5) is 0 Å². The molecule has 0 atom stereocenters. The number of nitriles is 1. The molecule has 0 spiro atoms. The van der Waals surface area contributed by atoms with Crippen LogP contribution in [0.25, 0.3) is 0 Å². The van der Waals surface area contributed by atoms with Gasteiger partial charge in [-0.05, 0) is 37.1 Å². The quantitative estimate of drug-likeness (QED) is 0.587. The van der Waals surface area contributed by atoms with Gasteiger partial charge >= 0.3 is 0 Å². The first-order valence-electron chi connectivity index (χ1n) is 6.79. The third-order valence-corrected chi connectivity index (χ3v) is 2.37. The molecule has 1 N–H and O–H groups in total. The first kappa shape index (κ1) is 16.5. The van der Waals surface area contributed by atoms with Crippen molar-refractivity contribution >= 4 is 12.1 Å². The maximum absolute atomic E-state index is 11.1. The van der Waals surface area contributed by atoms with Crippen molar-refractivity contribution in [1.29, 1.82) is 5.26 Å². The van der Waals surface area contributed by atoms with Crippen LogP contribution in [0, 0.1) is 11.3 Å². The highest BCUT2D eigenvalue weighted by atomic mass is 16.5. The lowest BCUT2D eigenvalue weighted by Crippen LogP contribution is -2.16. The van der Waals surface area contributed by atoms with Crippen molar-refractivity contribution in [2.75, 3.05) is 13.2 Å². The number of amides is 1. The van der Waals surface area contributed by atoms with Gasteiger partial charge in [0, 0.05) is 0 Å². The topological polar surface area (TPSA) is 83.7 Å². The molecule has 0 saturated carbocycles. The molecule has 1 rings (SSSR count). The number of nitrogens with one attached hydrogen (secondary N) is 1. The molecule has 0 aliphatic heterocycles. The zero-order valence-corrected chi connectivity index (χ0v) is 12.3. The second kappa shape index (κ2) is 9.37. The van der Waals surface area contributed by atoms with Crippen molar-refractivity contribution < 1.29 is 14.3 Å². The van der Waals surface area contributed by atoms with Crippen LogP contribution in [0.15, 0.2) is 23.3 Å². The van der Waals surface area contributed by atoms with Crippen molar-refractivity contribution in [3.63, 3.8) is 0 Å². The van der Waals surface area contributed by atoms with E-state index in [0.29, 0.717) is 24.7 Å². The van der Waals surface area contributed by atoms with Crippen LogP contribution < -0.4 is 14.9 Å². The zero-order valence-electron chi connectivity index (χ0n) is 12.3. The summed E-state index contributed by atoms with van der Waals surface area (Å²) in [5.74, 6) is 0.879. The van der Waals surface area contributed by atoms with Crippen molar-refractivity contribution in [3.8, 4) is 17.6 Å². The lowest BCUT2D eigenvalue weighted by molar-refractivity contribution is -0.120. The van der Waals surface area contributed by atoms with Crippen LogP contribution in [-0.2, 0) is 4.79 Å². The summed E-state index contributed by atoms with van der Waals surface area (Å²) in [5, 5.41) is 12.1.